The highest BCUT2D eigenvalue weighted by molar-refractivity contribution is 5.87. The second-order valence-electron chi connectivity index (χ2n) is 5.79. The highest BCUT2D eigenvalue weighted by atomic mass is 16.5. The summed E-state index contributed by atoms with van der Waals surface area (Å²) < 4.78 is 5.11. The second kappa shape index (κ2) is 7.82. The molecule has 0 spiro atoms. The SMILES string of the molecule is COc1ccc(CNC(=O)[C@@H](NC(C)=O)C2CCCC2)cc1. The van der Waals surface area contributed by atoms with Gasteiger partial charge < -0.3 is 15.4 Å². The number of hydrogen-bond acceptors (Lipinski definition) is 3. The van der Waals surface area contributed by atoms with E-state index >= 15 is 0 Å². The van der Waals surface area contributed by atoms with Gasteiger partial charge in [-0.2, -0.15) is 0 Å². The first-order valence-corrected chi connectivity index (χ1v) is 7.78. The molecule has 1 atom stereocenters. The first-order chi connectivity index (χ1) is 10.6. The van der Waals surface area contributed by atoms with E-state index in [0.717, 1.165) is 37.0 Å². The van der Waals surface area contributed by atoms with Crippen molar-refractivity contribution in [3.05, 3.63) is 29.8 Å². The average Bonchev–Trinajstić information content (AvgIpc) is 3.04. The molecule has 2 amide bonds. The smallest absolute Gasteiger partial charge is 0.243 e. The van der Waals surface area contributed by atoms with Crippen molar-refractivity contribution < 1.29 is 14.3 Å². The molecule has 1 aliphatic carbocycles. The van der Waals surface area contributed by atoms with Gasteiger partial charge in [-0.05, 0) is 36.5 Å². The molecule has 0 radical (unpaired) electrons. The maximum Gasteiger partial charge on any atom is 0.243 e. The van der Waals surface area contributed by atoms with Crippen molar-refractivity contribution in [1.29, 1.82) is 0 Å². The summed E-state index contributed by atoms with van der Waals surface area (Å²) in [6.45, 7) is 1.91. The summed E-state index contributed by atoms with van der Waals surface area (Å²) in [6.07, 6.45) is 4.26. The molecule has 120 valence electrons. The third-order valence-corrected chi connectivity index (χ3v) is 4.14. The van der Waals surface area contributed by atoms with Crippen LogP contribution in [0.15, 0.2) is 24.3 Å². The Labute approximate surface area is 131 Å². The number of amides is 2. The zero-order chi connectivity index (χ0) is 15.9. The predicted octanol–water partition coefficient (Wildman–Crippen LogP) is 2.01. The zero-order valence-corrected chi connectivity index (χ0v) is 13.2. The molecule has 2 rings (SSSR count). The van der Waals surface area contributed by atoms with Crippen LogP contribution in [0.2, 0.25) is 0 Å². The molecular formula is C17H24N2O3. The van der Waals surface area contributed by atoms with Gasteiger partial charge in [-0.3, -0.25) is 9.59 Å². The van der Waals surface area contributed by atoms with Crippen LogP contribution in [0.5, 0.6) is 5.75 Å². The minimum atomic E-state index is -0.418. The van der Waals surface area contributed by atoms with Crippen LogP contribution < -0.4 is 15.4 Å². The van der Waals surface area contributed by atoms with Gasteiger partial charge in [-0.15, -0.1) is 0 Å². The number of hydrogen-bond donors (Lipinski definition) is 2. The summed E-state index contributed by atoms with van der Waals surface area (Å²) in [6, 6.07) is 7.15. The van der Waals surface area contributed by atoms with Crippen LogP contribution in [0.25, 0.3) is 0 Å². The summed E-state index contributed by atoms with van der Waals surface area (Å²) in [5, 5.41) is 5.73. The zero-order valence-electron chi connectivity index (χ0n) is 13.2. The van der Waals surface area contributed by atoms with Crippen LogP contribution in [0.3, 0.4) is 0 Å². The molecule has 5 nitrogen and oxygen atoms in total. The van der Waals surface area contributed by atoms with E-state index in [1.807, 2.05) is 24.3 Å². The Bertz CT molecular complexity index is 507. The van der Waals surface area contributed by atoms with E-state index in [-0.39, 0.29) is 17.7 Å². The molecule has 1 saturated carbocycles. The Hall–Kier alpha value is -2.04. The van der Waals surface area contributed by atoms with Crippen molar-refractivity contribution in [1.82, 2.24) is 10.6 Å². The maximum absolute atomic E-state index is 12.4. The van der Waals surface area contributed by atoms with E-state index in [2.05, 4.69) is 10.6 Å². The Balaban J connectivity index is 1.93. The number of benzene rings is 1. The number of nitrogens with one attached hydrogen (secondary N) is 2. The molecule has 0 bridgehead atoms. The highest BCUT2D eigenvalue weighted by Gasteiger charge is 2.31. The third kappa shape index (κ3) is 4.48. The highest BCUT2D eigenvalue weighted by Crippen LogP contribution is 2.28. The normalized spacial score (nSPS) is 16.1. The number of rotatable bonds is 6. The third-order valence-electron chi connectivity index (χ3n) is 4.14. The van der Waals surface area contributed by atoms with E-state index in [0.29, 0.717) is 6.54 Å². The van der Waals surface area contributed by atoms with E-state index in [4.69, 9.17) is 4.74 Å². The Kier molecular flexibility index (Phi) is 5.81. The number of ether oxygens (including phenoxy) is 1. The average molecular weight is 304 g/mol. The minimum absolute atomic E-state index is 0.0991. The summed E-state index contributed by atoms with van der Waals surface area (Å²) in [7, 11) is 1.62. The van der Waals surface area contributed by atoms with Crippen molar-refractivity contribution in [3.8, 4) is 5.75 Å². The molecule has 0 aliphatic heterocycles. The Morgan fingerprint density at radius 1 is 1.23 bits per heavy atom. The first kappa shape index (κ1) is 16.3. The largest absolute Gasteiger partial charge is 0.497 e. The molecule has 0 aromatic heterocycles. The van der Waals surface area contributed by atoms with Gasteiger partial charge in [-0.1, -0.05) is 25.0 Å². The predicted molar refractivity (Wildman–Crippen MR) is 84.4 cm³/mol. The lowest BCUT2D eigenvalue weighted by atomic mass is 9.97. The van der Waals surface area contributed by atoms with Crippen LogP contribution in [-0.4, -0.2) is 25.0 Å². The lowest BCUT2D eigenvalue weighted by Crippen LogP contribution is -2.49. The van der Waals surface area contributed by atoms with Gasteiger partial charge in [0.05, 0.1) is 7.11 Å². The van der Waals surface area contributed by atoms with Gasteiger partial charge >= 0.3 is 0 Å². The quantitative estimate of drug-likeness (QED) is 0.845. The molecule has 0 heterocycles. The Morgan fingerprint density at radius 3 is 2.41 bits per heavy atom. The number of carbonyl (C=O) groups excluding carboxylic acids is 2. The standard InChI is InChI=1S/C17H24N2O3/c1-12(20)19-16(14-5-3-4-6-14)17(21)18-11-13-7-9-15(22-2)10-8-13/h7-10,14,16H,3-6,11H2,1-2H3,(H,18,21)(H,19,20)/t16-/m0/s1. The van der Waals surface area contributed by atoms with E-state index in [1.165, 1.54) is 6.92 Å². The summed E-state index contributed by atoms with van der Waals surface area (Å²) >= 11 is 0. The Morgan fingerprint density at radius 2 is 1.86 bits per heavy atom. The molecule has 2 N–H and O–H groups in total. The van der Waals surface area contributed by atoms with Gasteiger partial charge in [0.2, 0.25) is 11.8 Å². The van der Waals surface area contributed by atoms with Crippen molar-refractivity contribution in [2.75, 3.05) is 7.11 Å². The van der Waals surface area contributed by atoms with Gasteiger partial charge in [0.15, 0.2) is 0 Å². The van der Waals surface area contributed by atoms with Crippen LogP contribution in [0.4, 0.5) is 0 Å². The molecule has 5 heteroatoms. The van der Waals surface area contributed by atoms with Gasteiger partial charge in [0.1, 0.15) is 11.8 Å². The minimum Gasteiger partial charge on any atom is -0.497 e. The van der Waals surface area contributed by atoms with Crippen molar-refractivity contribution in [3.63, 3.8) is 0 Å². The fourth-order valence-corrected chi connectivity index (χ4v) is 2.95. The topological polar surface area (TPSA) is 67.4 Å². The second-order valence-corrected chi connectivity index (χ2v) is 5.79. The maximum atomic E-state index is 12.4. The fraction of sp³-hybridized carbons (Fsp3) is 0.529. The van der Waals surface area contributed by atoms with E-state index in [9.17, 15) is 9.59 Å². The van der Waals surface area contributed by atoms with Crippen LogP contribution >= 0.6 is 0 Å². The monoisotopic (exact) mass is 304 g/mol. The summed E-state index contributed by atoms with van der Waals surface area (Å²) in [4.78, 5) is 23.8. The van der Waals surface area contributed by atoms with Crippen molar-refractivity contribution in [2.45, 2.75) is 45.2 Å². The molecule has 0 saturated heterocycles. The van der Waals surface area contributed by atoms with E-state index < -0.39 is 6.04 Å². The van der Waals surface area contributed by atoms with Crippen LogP contribution in [0, 0.1) is 5.92 Å². The molecule has 1 fully saturated rings. The van der Waals surface area contributed by atoms with Gasteiger partial charge in [0, 0.05) is 13.5 Å². The summed E-state index contributed by atoms with van der Waals surface area (Å²) in [5.74, 6) is 0.784. The van der Waals surface area contributed by atoms with Crippen molar-refractivity contribution >= 4 is 11.8 Å². The van der Waals surface area contributed by atoms with Crippen molar-refractivity contribution in [2.24, 2.45) is 5.92 Å². The fourth-order valence-electron chi connectivity index (χ4n) is 2.95. The van der Waals surface area contributed by atoms with Crippen LogP contribution in [0.1, 0.15) is 38.2 Å². The molecule has 0 unspecified atom stereocenters. The lowest BCUT2D eigenvalue weighted by molar-refractivity contribution is -0.129. The molecule has 1 aromatic rings. The number of carbonyl (C=O) groups is 2. The van der Waals surface area contributed by atoms with Gasteiger partial charge in [0.25, 0.3) is 0 Å². The van der Waals surface area contributed by atoms with E-state index in [1.54, 1.807) is 7.11 Å². The molecule has 1 aliphatic rings. The number of methoxy groups -OCH3 is 1. The summed E-state index contributed by atoms with van der Waals surface area (Å²) in [5.41, 5.74) is 1.00. The molecule has 1 aromatic carbocycles. The first-order valence-electron chi connectivity index (χ1n) is 7.78. The molecule has 22 heavy (non-hydrogen) atoms. The van der Waals surface area contributed by atoms with Crippen LogP contribution in [-0.2, 0) is 16.1 Å². The van der Waals surface area contributed by atoms with Gasteiger partial charge in [-0.25, -0.2) is 0 Å². The lowest BCUT2D eigenvalue weighted by Gasteiger charge is -2.23. The molecular weight excluding hydrogens is 280 g/mol.